The Kier molecular flexibility index (Phi) is 6.04. The Morgan fingerprint density at radius 2 is 2.09 bits per heavy atom. The van der Waals surface area contributed by atoms with Gasteiger partial charge in [0.1, 0.15) is 10.8 Å². The van der Waals surface area contributed by atoms with Crippen molar-refractivity contribution in [3.8, 4) is 5.75 Å². The zero-order chi connectivity index (χ0) is 16.7. The quantitative estimate of drug-likeness (QED) is 0.781. The van der Waals surface area contributed by atoms with Gasteiger partial charge in [0.15, 0.2) is 6.61 Å². The van der Waals surface area contributed by atoms with Crippen molar-refractivity contribution in [1.82, 2.24) is 10.2 Å². The van der Waals surface area contributed by atoms with Crippen LogP contribution in [0.5, 0.6) is 5.75 Å². The minimum atomic E-state index is -0.427. The average molecular weight is 335 g/mol. The molecule has 122 valence electrons. The molecule has 7 nitrogen and oxygen atoms in total. The number of aromatic nitrogens is 2. The Bertz CT molecular complexity index is 687. The van der Waals surface area contributed by atoms with Crippen LogP contribution in [0.1, 0.15) is 29.2 Å². The molecular weight excluding hydrogens is 318 g/mol. The Morgan fingerprint density at radius 1 is 1.26 bits per heavy atom. The third-order valence-electron chi connectivity index (χ3n) is 2.73. The SMILES string of the molecule is CCOC(=O)c1cccc(OCC(=O)Nc2nnc(CC)s2)c1. The maximum absolute atomic E-state index is 11.8. The van der Waals surface area contributed by atoms with Crippen LogP contribution < -0.4 is 10.1 Å². The molecule has 1 aromatic carbocycles. The van der Waals surface area contributed by atoms with Crippen molar-refractivity contribution in [3.63, 3.8) is 0 Å². The predicted molar refractivity (Wildman–Crippen MR) is 85.8 cm³/mol. The molecule has 8 heteroatoms. The van der Waals surface area contributed by atoms with E-state index in [9.17, 15) is 9.59 Å². The molecule has 0 atom stereocenters. The number of rotatable bonds is 7. The fraction of sp³-hybridized carbons (Fsp3) is 0.333. The minimum absolute atomic E-state index is 0.187. The molecule has 0 bridgehead atoms. The lowest BCUT2D eigenvalue weighted by molar-refractivity contribution is -0.118. The summed E-state index contributed by atoms with van der Waals surface area (Å²) in [5, 5.41) is 11.7. The van der Waals surface area contributed by atoms with Crippen LogP contribution in [-0.2, 0) is 16.0 Å². The second kappa shape index (κ2) is 8.23. The third kappa shape index (κ3) is 5.03. The number of carbonyl (C=O) groups is 2. The van der Waals surface area contributed by atoms with Crippen molar-refractivity contribution in [3.05, 3.63) is 34.8 Å². The molecule has 2 rings (SSSR count). The van der Waals surface area contributed by atoms with Crippen LogP contribution in [0, 0.1) is 0 Å². The molecule has 0 aliphatic carbocycles. The number of aryl methyl sites for hydroxylation is 1. The molecule has 1 N–H and O–H groups in total. The number of ether oxygens (including phenoxy) is 2. The number of benzene rings is 1. The topological polar surface area (TPSA) is 90.4 Å². The van der Waals surface area contributed by atoms with Crippen molar-refractivity contribution < 1.29 is 19.1 Å². The number of anilines is 1. The first-order chi connectivity index (χ1) is 11.1. The summed E-state index contributed by atoms with van der Waals surface area (Å²) in [4.78, 5) is 23.5. The van der Waals surface area contributed by atoms with Crippen LogP contribution in [0.4, 0.5) is 5.13 Å². The number of carbonyl (C=O) groups excluding carboxylic acids is 2. The van der Waals surface area contributed by atoms with Gasteiger partial charge in [0.25, 0.3) is 5.91 Å². The zero-order valence-corrected chi connectivity index (χ0v) is 13.7. The molecule has 23 heavy (non-hydrogen) atoms. The molecule has 0 spiro atoms. The number of nitrogens with zero attached hydrogens (tertiary/aromatic N) is 2. The lowest BCUT2D eigenvalue weighted by Gasteiger charge is -2.07. The molecule has 2 aromatic rings. The number of hydrogen-bond donors (Lipinski definition) is 1. The van der Waals surface area contributed by atoms with Crippen LogP contribution in [0.2, 0.25) is 0 Å². The molecule has 0 fully saturated rings. The summed E-state index contributed by atoms with van der Waals surface area (Å²) in [5.74, 6) is -0.356. The molecule has 0 radical (unpaired) electrons. The Hall–Kier alpha value is -2.48. The Balaban J connectivity index is 1.88. The van der Waals surface area contributed by atoms with Gasteiger partial charge in [-0.3, -0.25) is 10.1 Å². The van der Waals surface area contributed by atoms with Crippen LogP contribution >= 0.6 is 11.3 Å². The van der Waals surface area contributed by atoms with Gasteiger partial charge in [-0.2, -0.15) is 0 Å². The average Bonchev–Trinajstić information content (AvgIpc) is 3.01. The van der Waals surface area contributed by atoms with E-state index in [0.717, 1.165) is 11.4 Å². The van der Waals surface area contributed by atoms with E-state index >= 15 is 0 Å². The molecule has 0 saturated heterocycles. The smallest absolute Gasteiger partial charge is 0.338 e. The standard InChI is InChI=1S/C15H17N3O4S/c1-3-13-17-18-15(23-13)16-12(19)9-22-11-7-5-6-10(8-11)14(20)21-4-2/h5-8H,3-4,9H2,1-2H3,(H,16,18,19). The lowest BCUT2D eigenvalue weighted by Crippen LogP contribution is -2.20. The molecule has 1 amide bonds. The highest BCUT2D eigenvalue weighted by Crippen LogP contribution is 2.16. The van der Waals surface area contributed by atoms with Gasteiger partial charge < -0.3 is 9.47 Å². The number of hydrogen-bond acceptors (Lipinski definition) is 7. The number of amides is 1. The van der Waals surface area contributed by atoms with E-state index < -0.39 is 5.97 Å². The number of esters is 1. The van der Waals surface area contributed by atoms with Crippen molar-refractivity contribution in [1.29, 1.82) is 0 Å². The normalized spacial score (nSPS) is 10.2. The Labute approximate surface area is 137 Å². The highest BCUT2D eigenvalue weighted by Gasteiger charge is 2.10. The van der Waals surface area contributed by atoms with E-state index in [1.165, 1.54) is 17.4 Å². The first-order valence-corrected chi connectivity index (χ1v) is 7.96. The summed E-state index contributed by atoms with van der Waals surface area (Å²) in [6.07, 6.45) is 0.769. The summed E-state index contributed by atoms with van der Waals surface area (Å²) in [6.45, 7) is 3.81. The van der Waals surface area contributed by atoms with Crippen molar-refractivity contribution in [2.45, 2.75) is 20.3 Å². The van der Waals surface area contributed by atoms with Crippen LogP contribution in [0.25, 0.3) is 0 Å². The maximum Gasteiger partial charge on any atom is 0.338 e. The highest BCUT2D eigenvalue weighted by molar-refractivity contribution is 7.15. The Morgan fingerprint density at radius 3 is 2.78 bits per heavy atom. The van der Waals surface area contributed by atoms with Gasteiger partial charge >= 0.3 is 5.97 Å². The van der Waals surface area contributed by atoms with Crippen molar-refractivity contribution in [2.24, 2.45) is 0 Å². The molecule has 1 heterocycles. The highest BCUT2D eigenvalue weighted by atomic mass is 32.1. The van der Waals surface area contributed by atoms with E-state index in [1.54, 1.807) is 25.1 Å². The van der Waals surface area contributed by atoms with E-state index in [4.69, 9.17) is 9.47 Å². The predicted octanol–water partition coefficient (Wildman–Crippen LogP) is 2.29. The summed E-state index contributed by atoms with van der Waals surface area (Å²) in [5.41, 5.74) is 0.376. The molecular formula is C15H17N3O4S. The largest absolute Gasteiger partial charge is 0.484 e. The van der Waals surface area contributed by atoms with Gasteiger partial charge in [-0.15, -0.1) is 10.2 Å². The fourth-order valence-corrected chi connectivity index (χ4v) is 2.37. The lowest BCUT2D eigenvalue weighted by atomic mass is 10.2. The van der Waals surface area contributed by atoms with Gasteiger partial charge in [0.2, 0.25) is 5.13 Å². The van der Waals surface area contributed by atoms with Gasteiger partial charge in [0.05, 0.1) is 12.2 Å². The van der Waals surface area contributed by atoms with Crippen molar-refractivity contribution >= 4 is 28.3 Å². The monoisotopic (exact) mass is 335 g/mol. The minimum Gasteiger partial charge on any atom is -0.484 e. The molecule has 0 aliphatic rings. The second-order valence-corrected chi connectivity index (χ2v) is 5.50. The van der Waals surface area contributed by atoms with Gasteiger partial charge in [-0.1, -0.05) is 24.3 Å². The second-order valence-electron chi connectivity index (χ2n) is 4.44. The van der Waals surface area contributed by atoms with E-state index in [0.29, 0.717) is 23.1 Å². The van der Waals surface area contributed by atoms with Crippen LogP contribution in [0.3, 0.4) is 0 Å². The van der Waals surface area contributed by atoms with E-state index in [2.05, 4.69) is 15.5 Å². The van der Waals surface area contributed by atoms with E-state index in [1.807, 2.05) is 6.92 Å². The van der Waals surface area contributed by atoms with Gasteiger partial charge in [0, 0.05) is 0 Å². The first-order valence-electron chi connectivity index (χ1n) is 7.14. The van der Waals surface area contributed by atoms with Crippen LogP contribution in [-0.4, -0.2) is 35.3 Å². The summed E-state index contributed by atoms with van der Waals surface area (Å²) < 4.78 is 10.3. The van der Waals surface area contributed by atoms with E-state index in [-0.39, 0.29) is 12.5 Å². The van der Waals surface area contributed by atoms with Gasteiger partial charge in [-0.05, 0) is 31.5 Å². The van der Waals surface area contributed by atoms with Gasteiger partial charge in [-0.25, -0.2) is 4.79 Å². The molecule has 0 aliphatic heterocycles. The molecule has 0 unspecified atom stereocenters. The molecule has 1 aromatic heterocycles. The summed E-state index contributed by atoms with van der Waals surface area (Å²) >= 11 is 1.32. The van der Waals surface area contributed by atoms with Crippen LogP contribution in [0.15, 0.2) is 24.3 Å². The number of nitrogens with one attached hydrogen (secondary N) is 1. The summed E-state index contributed by atoms with van der Waals surface area (Å²) in [7, 11) is 0. The maximum atomic E-state index is 11.8. The molecule has 0 saturated carbocycles. The van der Waals surface area contributed by atoms with Crippen molar-refractivity contribution in [2.75, 3.05) is 18.5 Å². The fourth-order valence-electron chi connectivity index (χ4n) is 1.68. The summed E-state index contributed by atoms with van der Waals surface area (Å²) in [6, 6.07) is 6.48. The third-order valence-corrected chi connectivity index (χ3v) is 3.71. The first kappa shape index (κ1) is 16.9. The zero-order valence-electron chi connectivity index (χ0n) is 12.9.